The van der Waals surface area contributed by atoms with Crippen LogP contribution in [0.15, 0.2) is 23.2 Å². The number of ether oxygens (including phenoxy) is 3. The van der Waals surface area contributed by atoms with Gasteiger partial charge in [-0.1, -0.05) is 0 Å². The van der Waals surface area contributed by atoms with Crippen LogP contribution in [0.3, 0.4) is 0 Å². The quantitative estimate of drug-likeness (QED) is 0.411. The molecule has 1 N–H and O–H groups in total. The molecule has 0 saturated carbocycles. The van der Waals surface area contributed by atoms with Gasteiger partial charge in [0.2, 0.25) is 0 Å². The van der Waals surface area contributed by atoms with Crippen molar-refractivity contribution >= 4 is 29.9 Å². The highest BCUT2D eigenvalue weighted by Gasteiger charge is 2.19. The van der Waals surface area contributed by atoms with E-state index in [2.05, 4.69) is 22.3 Å². The molecule has 1 aromatic carbocycles. The molecule has 7 heteroatoms. The predicted molar refractivity (Wildman–Crippen MR) is 107 cm³/mol. The zero-order valence-electron chi connectivity index (χ0n) is 14.9. The fourth-order valence-electron chi connectivity index (χ4n) is 2.76. The van der Waals surface area contributed by atoms with Crippen molar-refractivity contribution in [1.29, 1.82) is 0 Å². The van der Waals surface area contributed by atoms with Gasteiger partial charge >= 0.3 is 0 Å². The van der Waals surface area contributed by atoms with Gasteiger partial charge in [-0.15, -0.1) is 24.0 Å². The maximum atomic E-state index is 5.44. The Kier molecular flexibility index (Phi) is 9.20. The molecular formula is C17H28IN3O3. The van der Waals surface area contributed by atoms with Crippen LogP contribution in [0.5, 0.6) is 11.5 Å². The van der Waals surface area contributed by atoms with Crippen LogP contribution in [0, 0.1) is 5.92 Å². The van der Waals surface area contributed by atoms with E-state index in [0.717, 1.165) is 49.2 Å². The summed E-state index contributed by atoms with van der Waals surface area (Å²) in [6.07, 6.45) is 1.12. The monoisotopic (exact) mass is 449 g/mol. The van der Waals surface area contributed by atoms with Crippen molar-refractivity contribution in [3.8, 4) is 11.5 Å². The van der Waals surface area contributed by atoms with Crippen LogP contribution in [0.1, 0.15) is 12.0 Å². The zero-order valence-corrected chi connectivity index (χ0v) is 17.2. The lowest BCUT2D eigenvalue weighted by molar-refractivity contribution is 0.181. The molecule has 0 aromatic heterocycles. The van der Waals surface area contributed by atoms with E-state index in [4.69, 9.17) is 14.2 Å². The summed E-state index contributed by atoms with van der Waals surface area (Å²) in [5.74, 6) is 3.04. The third-order valence-electron chi connectivity index (χ3n) is 4.06. The van der Waals surface area contributed by atoms with Crippen LogP contribution >= 0.6 is 24.0 Å². The molecule has 2 rings (SSSR count). The highest BCUT2D eigenvalue weighted by Crippen LogP contribution is 2.24. The van der Waals surface area contributed by atoms with E-state index in [-0.39, 0.29) is 24.0 Å². The van der Waals surface area contributed by atoms with Crippen molar-refractivity contribution in [3.05, 3.63) is 23.8 Å². The second-order valence-electron chi connectivity index (χ2n) is 5.69. The van der Waals surface area contributed by atoms with Gasteiger partial charge in [0.25, 0.3) is 0 Å². The fourth-order valence-corrected chi connectivity index (χ4v) is 2.76. The van der Waals surface area contributed by atoms with E-state index >= 15 is 0 Å². The normalized spacial score (nSPS) is 17.2. The smallest absolute Gasteiger partial charge is 0.193 e. The first-order valence-electron chi connectivity index (χ1n) is 7.88. The van der Waals surface area contributed by atoms with Gasteiger partial charge in [0.1, 0.15) is 11.5 Å². The van der Waals surface area contributed by atoms with Gasteiger partial charge < -0.3 is 24.4 Å². The van der Waals surface area contributed by atoms with Gasteiger partial charge in [0, 0.05) is 51.3 Å². The maximum Gasteiger partial charge on any atom is 0.193 e. The number of methoxy groups -OCH3 is 2. The van der Waals surface area contributed by atoms with Gasteiger partial charge in [-0.3, -0.25) is 4.99 Å². The van der Waals surface area contributed by atoms with Crippen LogP contribution in [0.4, 0.5) is 0 Å². The van der Waals surface area contributed by atoms with Crippen molar-refractivity contribution < 1.29 is 14.2 Å². The Morgan fingerprint density at radius 2 is 2.17 bits per heavy atom. The number of hydrogen-bond acceptors (Lipinski definition) is 4. The zero-order chi connectivity index (χ0) is 16.7. The van der Waals surface area contributed by atoms with Crippen molar-refractivity contribution in [2.45, 2.75) is 13.0 Å². The Bertz CT molecular complexity index is 534. The molecule has 1 aliphatic rings. The second kappa shape index (κ2) is 10.6. The highest BCUT2D eigenvalue weighted by atomic mass is 127. The molecule has 24 heavy (non-hydrogen) atoms. The third kappa shape index (κ3) is 5.70. The summed E-state index contributed by atoms with van der Waals surface area (Å²) in [5.41, 5.74) is 1.06. The highest BCUT2D eigenvalue weighted by molar-refractivity contribution is 14.0. The second-order valence-corrected chi connectivity index (χ2v) is 5.69. The Balaban J connectivity index is 0.00000288. The molecule has 1 fully saturated rings. The Labute approximate surface area is 161 Å². The minimum absolute atomic E-state index is 0. The van der Waals surface area contributed by atoms with E-state index in [1.165, 1.54) is 0 Å². The van der Waals surface area contributed by atoms with Crippen LogP contribution < -0.4 is 14.8 Å². The number of rotatable bonds is 6. The average molecular weight is 449 g/mol. The van der Waals surface area contributed by atoms with Gasteiger partial charge in [-0.2, -0.15) is 0 Å². The van der Waals surface area contributed by atoms with E-state index in [9.17, 15) is 0 Å². The molecule has 6 nitrogen and oxygen atoms in total. The van der Waals surface area contributed by atoms with E-state index < -0.39 is 0 Å². The van der Waals surface area contributed by atoms with Gasteiger partial charge in [0.05, 0.1) is 20.8 Å². The molecule has 0 amide bonds. The first kappa shape index (κ1) is 20.8. The van der Waals surface area contributed by atoms with Crippen molar-refractivity contribution in [1.82, 2.24) is 10.2 Å². The summed E-state index contributed by atoms with van der Waals surface area (Å²) in [6, 6.07) is 5.82. The molecule has 0 bridgehead atoms. The van der Waals surface area contributed by atoms with E-state index in [1.807, 2.05) is 18.2 Å². The number of halogens is 1. The summed E-state index contributed by atoms with van der Waals surface area (Å²) in [6.45, 7) is 3.30. The molecular weight excluding hydrogens is 421 g/mol. The largest absolute Gasteiger partial charge is 0.497 e. The third-order valence-corrected chi connectivity index (χ3v) is 4.06. The average Bonchev–Trinajstić information content (AvgIpc) is 3.08. The molecule has 1 heterocycles. The van der Waals surface area contributed by atoms with E-state index in [0.29, 0.717) is 12.5 Å². The minimum Gasteiger partial charge on any atom is -0.497 e. The molecule has 0 spiro atoms. The summed E-state index contributed by atoms with van der Waals surface area (Å²) in [5, 5.41) is 3.39. The molecule has 1 aliphatic heterocycles. The maximum absolute atomic E-state index is 5.44. The minimum atomic E-state index is 0. The van der Waals surface area contributed by atoms with Gasteiger partial charge in [0.15, 0.2) is 5.96 Å². The summed E-state index contributed by atoms with van der Waals surface area (Å²) in [4.78, 5) is 6.51. The van der Waals surface area contributed by atoms with Crippen molar-refractivity contribution in [2.75, 3.05) is 48.1 Å². The lowest BCUT2D eigenvalue weighted by Gasteiger charge is -2.24. The number of nitrogens with one attached hydrogen (secondary N) is 1. The first-order chi connectivity index (χ1) is 11.2. The molecule has 136 valence electrons. The summed E-state index contributed by atoms with van der Waals surface area (Å²) < 4.78 is 16.1. The lowest BCUT2D eigenvalue weighted by Crippen LogP contribution is -2.41. The lowest BCUT2D eigenvalue weighted by atomic mass is 10.1. The van der Waals surface area contributed by atoms with Crippen LogP contribution in [-0.2, 0) is 11.3 Å². The topological polar surface area (TPSA) is 55.3 Å². The molecule has 1 atom stereocenters. The van der Waals surface area contributed by atoms with Crippen LogP contribution in [0.2, 0.25) is 0 Å². The standard InChI is InChI=1S/C17H27N3O3.HI/c1-18-17(20(2)11-13-7-8-23-12-13)19-10-14-5-6-15(21-3)9-16(14)22-4;/h5-6,9,13H,7-8,10-12H2,1-4H3,(H,18,19);1H. The van der Waals surface area contributed by atoms with Crippen LogP contribution in [-0.4, -0.2) is 58.9 Å². The molecule has 0 radical (unpaired) electrons. The molecule has 1 unspecified atom stereocenters. The molecule has 1 aromatic rings. The SMILES string of the molecule is CN=C(NCc1ccc(OC)cc1OC)N(C)CC1CCOC1.I. The van der Waals surface area contributed by atoms with Gasteiger partial charge in [-0.25, -0.2) is 0 Å². The predicted octanol–water partition coefficient (Wildman–Crippen LogP) is 2.37. The Morgan fingerprint density at radius 3 is 2.75 bits per heavy atom. The molecule has 1 saturated heterocycles. The summed E-state index contributed by atoms with van der Waals surface area (Å²) >= 11 is 0. The Hall–Kier alpha value is -1.22. The Morgan fingerprint density at radius 1 is 1.38 bits per heavy atom. The van der Waals surface area contributed by atoms with Crippen molar-refractivity contribution in [3.63, 3.8) is 0 Å². The van der Waals surface area contributed by atoms with Gasteiger partial charge in [-0.05, 0) is 18.6 Å². The number of guanidine groups is 1. The number of hydrogen-bond donors (Lipinski definition) is 1. The molecule has 0 aliphatic carbocycles. The van der Waals surface area contributed by atoms with E-state index in [1.54, 1.807) is 21.3 Å². The first-order valence-corrected chi connectivity index (χ1v) is 7.88. The number of nitrogens with zero attached hydrogens (tertiary/aromatic N) is 2. The van der Waals surface area contributed by atoms with Crippen molar-refractivity contribution in [2.24, 2.45) is 10.9 Å². The number of benzene rings is 1. The summed E-state index contributed by atoms with van der Waals surface area (Å²) in [7, 11) is 7.17. The number of aliphatic imine (C=N–C) groups is 1. The van der Waals surface area contributed by atoms with Crippen LogP contribution in [0.25, 0.3) is 0 Å². The fraction of sp³-hybridized carbons (Fsp3) is 0.588.